The zero-order valence-corrected chi connectivity index (χ0v) is 14.3. The van der Waals surface area contributed by atoms with Gasteiger partial charge in [0.05, 0.1) is 11.9 Å². The van der Waals surface area contributed by atoms with Gasteiger partial charge in [-0.2, -0.15) is 4.31 Å². The van der Waals surface area contributed by atoms with Gasteiger partial charge in [-0.1, -0.05) is 30.3 Å². The fourth-order valence-electron chi connectivity index (χ4n) is 2.59. The minimum atomic E-state index is -3.09. The molecule has 2 aromatic rings. The molecule has 0 bridgehead atoms. The maximum Gasteiger partial charge on any atom is 0.211 e. The zero-order chi connectivity index (χ0) is 15.7. The van der Waals surface area contributed by atoms with Crippen molar-refractivity contribution in [1.29, 1.82) is 0 Å². The van der Waals surface area contributed by atoms with Crippen LogP contribution in [0, 0.1) is 6.92 Å². The molecule has 0 spiro atoms. The average molecular weight is 337 g/mol. The first-order valence-corrected chi connectivity index (χ1v) is 9.84. The van der Waals surface area contributed by atoms with E-state index in [9.17, 15) is 8.42 Å². The molecule has 1 aromatic carbocycles. The van der Waals surface area contributed by atoms with Gasteiger partial charge in [0.15, 0.2) is 5.13 Å². The van der Waals surface area contributed by atoms with Crippen molar-refractivity contribution in [3.8, 4) is 11.3 Å². The largest absolute Gasteiger partial charge is 0.345 e. The van der Waals surface area contributed by atoms with E-state index in [1.807, 2.05) is 18.2 Å². The Morgan fingerprint density at radius 1 is 1.09 bits per heavy atom. The molecule has 22 heavy (non-hydrogen) atoms. The number of aromatic nitrogens is 1. The van der Waals surface area contributed by atoms with Crippen LogP contribution in [0.3, 0.4) is 0 Å². The van der Waals surface area contributed by atoms with Crippen molar-refractivity contribution < 1.29 is 8.42 Å². The number of aryl methyl sites for hydroxylation is 1. The fraction of sp³-hybridized carbons (Fsp3) is 0.400. The Labute approximate surface area is 135 Å². The van der Waals surface area contributed by atoms with Gasteiger partial charge in [-0.05, 0) is 6.92 Å². The van der Waals surface area contributed by atoms with Crippen molar-refractivity contribution in [3.05, 3.63) is 35.2 Å². The van der Waals surface area contributed by atoms with Crippen LogP contribution in [-0.4, -0.2) is 50.1 Å². The van der Waals surface area contributed by atoms with E-state index in [1.54, 1.807) is 11.3 Å². The normalized spacial score (nSPS) is 16.9. The lowest BCUT2D eigenvalue weighted by atomic mass is 10.1. The van der Waals surface area contributed by atoms with Crippen molar-refractivity contribution in [1.82, 2.24) is 9.29 Å². The van der Waals surface area contributed by atoms with E-state index < -0.39 is 10.0 Å². The van der Waals surface area contributed by atoms with E-state index >= 15 is 0 Å². The second-order valence-electron chi connectivity index (χ2n) is 5.42. The Balaban J connectivity index is 1.78. The van der Waals surface area contributed by atoms with Crippen LogP contribution in [0.5, 0.6) is 0 Å². The van der Waals surface area contributed by atoms with Gasteiger partial charge in [-0.25, -0.2) is 13.4 Å². The van der Waals surface area contributed by atoms with Crippen LogP contribution in [0.15, 0.2) is 30.3 Å². The van der Waals surface area contributed by atoms with Crippen molar-refractivity contribution in [2.24, 2.45) is 0 Å². The lowest BCUT2D eigenvalue weighted by Crippen LogP contribution is -2.48. The second-order valence-corrected chi connectivity index (χ2v) is 8.58. The minimum absolute atomic E-state index is 0.526. The van der Waals surface area contributed by atoms with Crippen LogP contribution in [0.25, 0.3) is 11.3 Å². The lowest BCUT2D eigenvalue weighted by molar-refractivity contribution is 0.388. The first-order chi connectivity index (χ1) is 10.4. The van der Waals surface area contributed by atoms with E-state index in [0.717, 1.165) is 16.4 Å². The van der Waals surface area contributed by atoms with Crippen LogP contribution < -0.4 is 4.90 Å². The summed E-state index contributed by atoms with van der Waals surface area (Å²) >= 11 is 1.67. The number of piperazine rings is 1. The van der Waals surface area contributed by atoms with Gasteiger partial charge in [-0.3, -0.25) is 0 Å². The molecule has 0 radical (unpaired) electrons. The number of sulfonamides is 1. The molecule has 1 saturated heterocycles. The third-order valence-corrected chi connectivity index (χ3v) is 6.15. The molecule has 7 heteroatoms. The zero-order valence-electron chi connectivity index (χ0n) is 12.7. The number of thiazole rings is 1. The van der Waals surface area contributed by atoms with Gasteiger partial charge in [0.1, 0.15) is 0 Å². The minimum Gasteiger partial charge on any atom is -0.345 e. The summed E-state index contributed by atoms with van der Waals surface area (Å²) in [6, 6.07) is 10.1. The highest BCUT2D eigenvalue weighted by molar-refractivity contribution is 7.88. The summed E-state index contributed by atoms with van der Waals surface area (Å²) < 4.78 is 24.7. The van der Waals surface area contributed by atoms with Crippen LogP contribution in [-0.2, 0) is 10.0 Å². The molecule has 1 aromatic heterocycles. The Morgan fingerprint density at radius 2 is 1.73 bits per heavy atom. The number of anilines is 1. The molecule has 2 heterocycles. The van der Waals surface area contributed by atoms with Crippen molar-refractivity contribution in [2.75, 3.05) is 37.3 Å². The molecule has 0 saturated carbocycles. The van der Waals surface area contributed by atoms with Gasteiger partial charge in [0, 0.05) is 36.6 Å². The SMILES string of the molecule is Cc1sc(N2CCN(S(C)(=O)=O)CC2)nc1-c1ccccc1. The van der Waals surface area contributed by atoms with E-state index in [-0.39, 0.29) is 0 Å². The van der Waals surface area contributed by atoms with E-state index in [0.29, 0.717) is 26.2 Å². The Hall–Kier alpha value is -1.44. The molecular formula is C15H19N3O2S2. The summed E-state index contributed by atoms with van der Waals surface area (Å²) in [6.45, 7) is 4.51. The predicted octanol–water partition coefficient (Wildman–Crippen LogP) is 2.20. The van der Waals surface area contributed by atoms with Crippen LogP contribution in [0.1, 0.15) is 4.88 Å². The first-order valence-electron chi connectivity index (χ1n) is 7.18. The maximum absolute atomic E-state index is 11.6. The molecule has 0 amide bonds. The number of hydrogen-bond donors (Lipinski definition) is 0. The third-order valence-electron chi connectivity index (χ3n) is 3.81. The Kier molecular flexibility index (Phi) is 4.20. The highest BCUT2D eigenvalue weighted by Crippen LogP contribution is 2.32. The third kappa shape index (κ3) is 3.16. The average Bonchev–Trinajstić information content (AvgIpc) is 2.89. The molecular weight excluding hydrogens is 318 g/mol. The predicted molar refractivity (Wildman–Crippen MR) is 90.9 cm³/mol. The summed E-state index contributed by atoms with van der Waals surface area (Å²) in [4.78, 5) is 8.13. The number of nitrogens with zero attached hydrogens (tertiary/aromatic N) is 3. The van der Waals surface area contributed by atoms with Crippen molar-refractivity contribution in [3.63, 3.8) is 0 Å². The van der Waals surface area contributed by atoms with Crippen LogP contribution in [0.2, 0.25) is 0 Å². The van der Waals surface area contributed by atoms with Gasteiger partial charge < -0.3 is 4.90 Å². The molecule has 0 aliphatic carbocycles. The molecule has 0 atom stereocenters. The smallest absolute Gasteiger partial charge is 0.211 e. The lowest BCUT2D eigenvalue weighted by Gasteiger charge is -2.32. The van der Waals surface area contributed by atoms with Crippen molar-refractivity contribution in [2.45, 2.75) is 6.92 Å². The molecule has 0 N–H and O–H groups in total. The number of rotatable bonds is 3. The highest BCUT2D eigenvalue weighted by Gasteiger charge is 2.25. The van der Waals surface area contributed by atoms with E-state index in [2.05, 4.69) is 24.0 Å². The van der Waals surface area contributed by atoms with Gasteiger partial charge in [0.25, 0.3) is 0 Å². The quantitative estimate of drug-likeness (QED) is 0.862. The summed E-state index contributed by atoms with van der Waals surface area (Å²) in [5.74, 6) is 0. The van der Waals surface area contributed by atoms with Gasteiger partial charge in [-0.15, -0.1) is 11.3 Å². The Morgan fingerprint density at radius 3 is 2.32 bits per heavy atom. The first kappa shape index (κ1) is 15.5. The molecule has 0 unspecified atom stereocenters. The van der Waals surface area contributed by atoms with Crippen LogP contribution in [0.4, 0.5) is 5.13 Å². The van der Waals surface area contributed by atoms with E-state index in [4.69, 9.17) is 4.98 Å². The molecule has 5 nitrogen and oxygen atoms in total. The standard InChI is InChI=1S/C15H19N3O2S2/c1-12-14(13-6-4-3-5-7-13)16-15(21-12)17-8-10-18(11-9-17)22(2,19)20/h3-7H,8-11H2,1-2H3. The second kappa shape index (κ2) is 5.98. The molecule has 3 rings (SSSR count). The monoisotopic (exact) mass is 337 g/mol. The van der Waals surface area contributed by atoms with Crippen molar-refractivity contribution >= 4 is 26.5 Å². The van der Waals surface area contributed by atoms with Gasteiger partial charge >= 0.3 is 0 Å². The number of benzene rings is 1. The summed E-state index contributed by atoms with van der Waals surface area (Å²) in [5.41, 5.74) is 2.14. The summed E-state index contributed by atoms with van der Waals surface area (Å²) in [5, 5.41) is 0.976. The molecule has 1 aliphatic rings. The summed E-state index contributed by atoms with van der Waals surface area (Å²) in [7, 11) is -3.09. The van der Waals surface area contributed by atoms with Crippen LogP contribution >= 0.6 is 11.3 Å². The maximum atomic E-state index is 11.6. The topological polar surface area (TPSA) is 53.5 Å². The molecule has 1 aliphatic heterocycles. The van der Waals surface area contributed by atoms with E-state index in [1.165, 1.54) is 15.4 Å². The van der Waals surface area contributed by atoms with Gasteiger partial charge in [0.2, 0.25) is 10.0 Å². The fourth-order valence-corrected chi connectivity index (χ4v) is 4.40. The Bertz CT molecular complexity index is 748. The molecule has 1 fully saturated rings. The highest BCUT2D eigenvalue weighted by atomic mass is 32.2. The number of hydrogen-bond acceptors (Lipinski definition) is 5. The molecule has 118 valence electrons. The summed E-state index contributed by atoms with van der Waals surface area (Å²) in [6.07, 6.45) is 1.27.